The number of hydrogen-bond acceptors (Lipinski definition) is 5. The molecular weight excluding hydrogens is 486 g/mol. The molecule has 1 aliphatic rings. The Bertz CT molecular complexity index is 1040. The summed E-state index contributed by atoms with van der Waals surface area (Å²) in [7, 11) is 1.97. The second-order valence-electron chi connectivity index (χ2n) is 7.84. The molecule has 3 rings (SSSR count). The Morgan fingerprint density at radius 1 is 1.17 bits per heavy atom. The molecule has 0 radical (unpaired) electrons. The highest BCUT2D eigenvalue weighted by atomic mass is 35.5. The van der Waals surface area contributed by atoms with Gasteiger partial charge in [0.25, 0.3) is 0 Å². The van der Waals surface area contributed by atoms with Crippen LogP contribution in [0, 0.1) is 0 Å². The summed E-state index contributed by atoms with van der Waals surface area (Å²) in [5.74, 6) is 0. The first-order valence-corrected chi connectivity index (χ1v) is 13.6. The van der Waals surface area contributed by atoms with Crippen molar-refractivity contribution >= 4 is 35.4 Å². The number of benzene rings is 2. The number of thioether (sulfide) groups is 1. The molecule has 194 valence electrons. The number of aliphatic imine (C=N–C) groups is 1. The van der Waals surface area contributed by atoms with Crippen molar-refractivity contribution in [3.05, 3.63) is 100 Å². The Morgan fingerprint density at radius 2 is 1.92 bits per heavy atom. The number of hydrazine groups is 1. The average molecular weight is 526 g/mol. The van der Waals surface area contributed by atoms with E-state index in [1.54, 1.807) is 17.8 Å². The molecule has 0 fully saturated rings. The molecule has 0 aliphatic carbocycles. The Balaban J connectivity index is 0.000000359. The van der Waals surface area contributed by atoms with Gasteiger partial charge in [0.1, 0.15) is 6.29 Å². The number of nitrogens with one attached hydrogen (secondary N) is 1. The predicted octanol–water partition coefficient (Wildman–Crippen LogP) is 8.09. The van der Waals surface area contributed by atoms with Gasteiger partial charge in [-0.1, -0.05) is 92.7 Å². The lowest BCUT2D eigenvalue weighted by Crippen LogP contribution is -2.35. The molecule has 0 spiro atoms. The third-order valence-electron chi connectivity index (χ3n) is 5.24. The zero-order valence-corrected chi connectivity index (χ0v) is 23.8. The van der Waals surface area contributed by atoms with Gasteiger partial charge in [-0.15, -0.1) is 0 Å². The van der Waals surface area contributed by atoms with Crippen molar-refractivity contribution in [1.29, 1.82) is 0 Å². The van der Waals surface area contributed by atoms with Crippen molar-refractivity contribution in [3.63, 3.8) is 0 Å². The third kappa shape index (κ3) is 11.1. The van der Waals surface area contributed by atoms with Gasteiger partial charge in [-0.2, -0.15) is 0 Å². The number of rotatable bonds is 9. The zero-order chi connectivity index (χ0) is 26.8. The number of carbonyl (C=O) groups is 1. The molecule has 0 bridgehead atoms. The highest BCUT2D eigenvalue weighted by molar-refractivity contribution is 8.03. The molecule has 0 aromatic heterocycles. The maximum Gasteiger partial charge on any atom is 0.123 e. The number of fused-ring (bicyclic) bond motifs is 1. The standard InChI is InChI=1S/C18H14ClNS.C7H18N2.C5H8O/c1-3-16-12(2)21-17-10-5-4-9-15(17)18(20-16)13-7-6-8-14(19)11-13;1-4-6-7-9(5-2)8-3;1-2-3-4-5-6/h3-11H,1H2,2H3;8H,4-7H2,1-3H3;2-3,5H,4H2,1H3/b;;3-2-. The summed E-state index contributed by atoms with van der Waals surface area (Å²) in [5.41, 5.74) is 7.11. The minimum atomic E-state index is 0.552. The summed E-state index contributed by atoms with van der Waals surface area (Å²) in [6.45, 7) is 14.5. The van der Waals surface area contributed by atoms with Gasteiger partial charge in [0.2, 0.25) is 0 Å². The van der Waals surface area contributed by atoms with Crippen LogP contribution in [0.5, 0.6) is 0 Å². The molecule has 1 N–H and O–H groups in total. The number of hydrogen-bond donors (Lipinski definition) is 1. The van der Waals surface area contributed by atoms with Crippen LogP contribution in [0.15, 0.2) is 93.8 Å². The van der Waals surface area contributed by atoms with E-state index in [4.69, 9.17) is 16.6 Å². The van der Waals surface area contributed by atoms with E-state index in [9.17, 15) is 4.79 Å². The second kappa shape index (κ2) is 18.8. The van der Waals surface area contributed by atoms with Gasteiger partial charge in [0.15, 0.2) is 0 Å². The van der Waals surface area contributed by atoms with Crippen molar-refractivity contribution in [2.24, 2.45) is 4.99 Å². The van der Waals surface area contributed by atoms with Crippen molar-refractivity contribution in [2.45, 2.75) is 51.9 Å². The van der Waals surface area contributed by atoms with Crippen LogP contribution in [-0.4, -0.2) is 37.1 Å². The van der Waals surface area contributed by atoms with E-state index in [0.29, 0.717) is 11.4 Å². The maximum atomic E-state index is 9.51. The van der Waals surface area contributed by atoms with E-state index in [1.165, 1.54) is 24.3 Å². The van der Waals surface area contributed by atoms with Crippen molar-refractivity contribution < 1.29 is 4.79 Å². The number of nitrogens with zero attached hydrogens (tertiary/aromatic N) is 2. The molecule has 0 saturated heterocycles. The largest absolute Gasteiger partial charge is 0.303 e. The van der Waals surface area contributed by atoms with Gasteiger partial charge in [0, 0.05) is 45.5 Å². The molecule has 1 aliphatic heterocycles. The first-order valence-electron chi connectivity index (χ1n) is 12.4. The van der Waals surface area contributed by atoms with Gasteiger partial charge >= 0.3 is 0 Å². The summed E-state index contributed by atoms with van der Waals surface area (Å²) < 4.78 is 0. The Kier molecular flexibility index (Phi) is 16.5. The topological polar surface area (TPSA) is 44.7 Å². The molecule has 1 heterocycles. The fourth-order valence-electron chi connectivity index (χ4n) is 3.24. The van der Waals surface area contributed by atoms with Crippen LogP contribution >= 0.6 is 23.4 Å². The van der Waals surface area contributed by atoms with Gasteiger partial charge in [-0.3, -0.25) is 5.43 Å². The first-order chi connectivity index (χ1) is 17.4. The summed E-state index contributed by atoms with van der Waals surface area (Å²) >= 11 is 7.87. The van der Waals surface area contributed by atoms with E-state index in [0.717, 1.165) is 40.3 Å². The predicted molar refractivity (Wildman–Crippen MR) is 159 cm³/mol. The monoisotopic (exact) mass is 525 g/mol. The van der Waals surface area contributed by atoms with E-state index in [-0.39, 0.29) is 0 Å². The molecule has 0 atom stereocenters. The van der Waals surface area contributed by atoms with Crippen molar-refractivity contribution in [3.8, 4) is 0 Å². The minimum Gasteiger partial charge on any atom is -0.303 e. The molecule has 4 nitrogen and oxygen atoms in total. The Labute approximate surface area is 227 Å². The average Bonchev–Trinajstić information content (AvgIpc) is 3.04. The summed E-state index contributed by atoms with van der Waals surface area (Å²) in [4.78, 5) is 16.7. The second-order valence-corrected chi connectivity index (χ2v) is 9.54. The SMILES string of the molecule is C/C=C\CC=O.C=CC1=C(C)Sc2ccccc2C(c2cccc(Cl)c2)=N1.CCCCN(CC)NC. The maximum absolute atomic E-state index is 9.51. The number of aldehydes is 1. The minimum absolute atomic E-state index is 0.552. The van der Waals surface area contributed by atoms with Crippen LogP contribution in [0.3, 0.4) is 0 Å². The lowest BCUT2D eigenvalue weighted by atomic mass is 10.0. The van der Waals surface area contributed by atoms with E-state index in [2.05, 4.69) is 49.9 Å². The first kappa shape index (κ1) is 31.6. The molecule has 0 amide bonds. The van der Waals surface area contributed by atoms with E-state index >= 15 is 0 Å². The molecular formula is C30H40ClN3OS. The highest BCUT2D eigenvalue weighted by Crippen LogP contribution is 2.36. The molecule has 0 unspecified atom stereocenters. The van der Waals surface area contributed by atoms with Crippen LogP contribution in [0.4, 0.5) is 0 Å². The van der Waals surface area contributed by atoms with Crippen LogP contribution < -0.4 is 5.43 Å². The third-order valence-corrected chi connectivity index (χ3v) is 6.56. The molecule has 0 saturated carbocycles. The number of carbonyl (C=O) groups excluding carboxylic acids is 1. The van der Waals surface area contributed by atoms with E-state index < -0.39 is 0 Å². The number of halogens is 1. The fourth-order valence-corrected chi connectivity index (χ4v) is 4.42. The van der Waals surface area contributed by atoms with E-state index in [1.807, 2.05) is 62.5 Å². The Morgan fingerprint density at radius 3 is 2.47 bits per heavy atom. The van der Waals surface area contributed by atoms with Crippen LogP contribution in [-0.2, 0) is 4.79 Å². The van der Waals surface area contributed by atoms with Gasteiger partial charge in [-0.25, -0.2) is 10.0 Å². The highest BCUT2D eigenvalue weighted by Gasteiger charge is 2.17. The Hall–Kier alpha value is -2.44. The quantitative estimate of drug-likeness (QED) is 0.204. The molecule has 2 aromatic carbocycles. The molecule has 2 aromatic rings. The lowest BCUT2D eigenvalue weighted by molar-refractivity contribution is -0.107. The van der Waals surface area contributed by atoms with Crippen LogP contribution in [0.1, 0.15) is 58.1 Å². The summed E-state index contributed by atoms with van der Waals surface area (Å²) in [6.07, 6.45) is 9.46. The number of unbranched alkanes of at least 4 members (excludes halogenated alkanes) is 1. The van der Waals surface area contributed by atoms with Gasteiger partial charge in [-0.05, 0) is 51.6 Å². The number of allylic oxidation sites excluding steroid dienone is 4. The zero-order valence-electron chi connectivity index (χ0n) is 22.3. The van der Waals surface area contributed by atoms with Crippen molar-refractivity contribution in [1.82, 2.24) is 10.4 Å². The van der Waals surface area contributed by atoms with Gasteiger partial charge < -0.3 is 4.79 Å². The summed E-state index contributed by atoms with van der Waals surface area (Å²) in [5, 5.41) is 2.93. The molecule has 6 heteroatoms. The van der Waals surface area contributed by atoms with Crippen molar-refractivity contribution in [2.75, 3.05) is 20.1 Å². The molecule has 36 heavy (non-hydrogen) atoms. The fraction of sp³-hybridized carbons (Fsp3) is 0.333. The van der Waals surface area contributed by atoms with Gasteiger partial charge in [0.05, 0.1) is 11.4 Å². The normalized spacial score (nSPS) is 12.6. The summed E-state index contributed by atoms with van der Waals surface area (Å²) in [6, 6.07) is 16.1. The van der Waals surface area contributed by atoms with Crippen LogP contribution in [0.2, 0.25) is 5.02 Å². The smallest absolute Gasteiger partial charge is 0.123 e. The lowest BCUT2D eigenvalue weighted by Gasteiger charge is -2.17. The van der Waals surface area contributed by atoms with Crippen LogP contribution in [0.25, 0.3) is 0 Å².